The van der Waals surface area contributed by atoms with Gasteiger partial charge in [-0.1, -0.05) is 6.58 Å². The highest BCUT2D eigenvalue weighted by Gasteiger charge is 2.01. The Morgan fingerprint density at radius 3 is 3.08 bits per heavy atom. The molecule has 4 nitrogen and oxygen atoms in total. The van der Waals surface area contributed by atoms with Crippen LogP contribution in [0.1, 0.15) is 12.6 Å². The first-order valence-electron chi connectivity index (χ1n) is 3.71. The van der Waals surface area contributed by atoms with Crippen LogP contribution in [0.3, 0.4) is 0 Å². The van der Waals surface area contributed by atoms with Gasteiger partial charge in [0.2, 0.25) is 5.95 Å². The number of hydrogen-bond acceptors (Lipinski definition) is 3. The van der Waals surface area contributed by atoms with E-state index in [9.17, 15) is 0 Å². The largest absolute Gasteiger partial charge is 0.325 e. The van der Waals surface area contributed by atoms with Gasteiger partial charge in [-0.2, -0.15) is 0 Å². The molecule has 0 radical (unpaired) electrons. The van der Waals surface area contributed by atoms with Crippen LogP contribution < -0.4 is 5.73 Å². The zero-order valence-corrected chi connectivity index (χ0v) is 7.07. The fraction of sp³-hybridized carbons (Fsp3) is 0.250. The SMILES string of the molecule is C=Cn1cc(CN)nc1/N=C\C. The van der Waals surface area contributed by atoms with Crippen LogP contribution in [0.5, 0.6) is 0 Å². The second-order valence-electron chi connectivity index (χ2n) is 2.21. The summed E-state index contributed by atoms with van der Waals surface area (Å²) < 4.78 is 1.74. The number of hydrogen-bond donors (Lipinski definition) is 1. The van der Waals surface area contributed by atoms with E-state index in [4.69, 9.17) is 5.73 Å². The smallest absolute Gasteiger partial charge is 0.233 e. The summed E-state index contributed by atoms with van der Waals surface area (Å²) in [5, 5.41) is 0. The number of aliphatic imine (C=N–C) groups is 1. The van der Waals surface area contributed by atoms with E-state index in [0.29, 0.717) is 12.5 Å². The third-order valence-corrected chi connectivity index (χ3v) is 1.41. The molecule has 1 heterocycles. The van der Waals surface area contributed by atoms with E-state index < -0.39 is 0 Å². The van der Waals surface area contributed by atoms with E-state index in [-0.39, 0.29) is 0 Å². The molecule has 1 aromatic heterocycles. The zero-order valence-electron chi connectivity index (χ0n) is 7.07. The Balaban J connectivity index is 3.07. The van der Waals surface area contributed by atoms with Crippen LogP contribution in [-0.2, 0) is 6.54 Å². The zero-order chi connectivity index (χ0) is 8.97. The molecule has 12 heavy (non-hydrogen) atoms. The number of rotatable bonds is 3. The quantitative estimate of drug-likeness (QED) is 0.681. The van der Waals surface area contributed by atoms with Crippen molar-refractivity contribution in [2.45, 2.75) is 13.5 Å². The number of nitrogens with zero attached hydrogens (tertiary/aromatic N) is 3. The average molecular weight is 164 g/mol. The molecule has 0 aliphatic rings. The van der Waals surface area contributed by atoms with Crippen molar-refractivity contribution in [3.05, 3.63) is 18.5 Å². The summed E-state index contributed by atoms with van der Waals surface area (Å²) in [5.41, 5.74) is 6.24. The standard InChI is InChI=1S/C8H12N4/c1-3-10-8-11-7(5-9)6-12(8)4-2/h3-4,6H,2,5,9H2,1H3/b10-3-. The molecule has 2 N–H and O–H groups in total. The lowest BCUT2D eigenvalue weighted by Crippen LogP contribution is -1.95. The highest BCUT2D eigenvalue weighted by Crippen LogP contribution is 2.11. The van der Waals surface area contributed by atoms with Crippen molar-refractivity contribution in [2.75, 3.05) is 0 Å². The lowest BCUT2D eigenvalue weighted by atomic mass is 10.5. The number of imidazole rings is 1. The molecule has 0 bridgehead atoms. The summed E-state index contributed by atoms with van der Waals surface area (Å²) in [6.45, 7) is 5.89. The summed E-state index contributed by atoms with van der Waals surface area (Å²) in [7, 11) is 0. The highest BCUT2D eigenvalue weighted by atomic mass is 15.2. The summed E-state index contributed by atoms with van der Waals surface area (Å²) in [6.07, 6.45) is 5.15. The van der Waals surface area contributed by atoms with Gasteiger partial charge in [-0.15, -0.1) is 0 Å². The van der Waals surface area contributed by atoms with E-state index in [0.717, 1.165) is 5.69 Å². The van der Waals surface area contributed by atoms with Crippen LogP contribution in [0.2, 0.25) is 0 Å². The second-order valence-corrected chi connectivity index (χ2v) is 2.21. The molecular formula is C8H12N4. The Morgan fingerprint density at radius 2 is 2.58 bits per heavy atom. The van der Waals surface area contributed by atoms with Gasteiger partial charge in [0.25, 0.3) is 0 Å². The lowest BCUT2D eigenvalue weighted by Gasteiger charge is -1.91. The van der Waals surface area contributed by atoms with Crippen molar-refractivity contribution in [3.8, 4) is 0 Å². The van der Waals surface area contributed by atoms with Crippen LogP contribution in [0.25, 0.3) is 6.20 Å². The van der Waals surface area contributed by atoms with Crippen LogP contribution in [-0.4, -0.2) is 15.8 Å². The van der Waals surface area contributed by atoms with Crippen molar-refractivity contribution < 1.29 is 0 Å². The van der Waals surface area contributed by atoms with E-state index >= 15 is 0 Å². The number of nitrogens with two attached hydrogens (primary N) is 1. The summed E-state index contributed by atoms with van der Waals surface area (Å²) >= 11 is 0. The van der Waals surface area contributed by atoms with Gasteiger partial charge < -0.3 is 5.73 Å². The van der Waals surface area contributed by atoms with Crippen LogP contribution >= 0.6 is 0 Å². The molecule has 4 heteroatoms. The Kier molecular flexibility index (Phi) is 2.76. The predicted octanol–water partition coefficient (Wildman–Crippen LogP) is 1.16. The molecule has 0 saturated carbocycles. The van der Waals surface area contributed by atoms with Gasteiger partial charge >= 0.3 is 0 Å². The van der Waals surface area contributed by atoms with Gasteiger partial charge in [-0.05, 0) is 6.92 Å². The predicted molar refractivity (Wildman–Crippen MR) is 50.3 cm³/mol. The van der Waals surface area contributed by atoms with Gasteiger partial charge in [-0.3, -0.25) is 4.57 Å². The van der Waals surface area contributed by atoms with Crippen LogP contribution in [0.15, 0.2) is 17.8 Å². The summed E-state index contributed by atoms with van der Waals surface area (Å²) in [4.78, 5) is 8.20. The topological polar surface area (TPSA) is 56.2 Å². The summed E-state index contributed by atoms with van der Waals surface area (Å²) in [5.74, 6) is 0.618. The molecule has 0 aliphatic heterocycles. The average Bonchev–Trinajstić information content (AvgIpc) is 2.48. The van der Waals surface area contributed by atoms with Crippen molar-refractivity contribution in [1.82, 2.24) is 9.55 Å². The van der Waals surface area contributed by atoms with Crippen molar-refractivity contribution in [1.29, 1.82) is 0 Å². The molecule has 0 unspecified atom stereocenters. The lowest BCUT2D eigenvalue weighted by molar-refractivity contribution is 1.01. The van der Waals surface area contributed by atoms with Gasteiger partial charge in [0.1, 0.15) is 0 Å². The van der Waals surface area contributed by atoms with E-state index in [1.54, 1.807) is 17.0 Å². The fourth-order valence-corrected chi connectivity index (χ4v) is 0.877. The maximum atomic E-state index is 5.42. The van der Waals surface area contributed by atoms with Crippen molar-refractivity contribution in [3.63, 3.8) is 0 Å². The first-order chi connectivity index (χ1) is 5.81. The Morgan fingerprint density at radius 1 is 1.83 bits per heavy atom. The van der Waals surface area contributed by atoms with Gasteiger partial charge in [0.15, 0.2) is 0 Å². The van der Waals surface area contributed by atoms with E-state index in [1.807, 2.05) is 13.1 Å². The minimum absolute atomic E-state index is 0.424. The third-order valence-electron chi connectivity index (χ3n) is 1.41. The highest BCUT2D eigenvalue weighted by molar-refractivity contribution is 5.58. The maximum absolute atomic E-state index is 5.42. The minimum Gasteiger partial charge on any atom is -0.325 e. The molecular weight excluding hydrogens is 152 g/mol. The molecule has 1 rings (SSSR count). The van der Waals surface area contributed by atoms with Crippen LogP contribution in [0.4, 0.5) is 5.95 Å². The Bertz CT molecular complexity index is 298. The fourth-order valence-electron chi connectivity index (χ4n) is 0.877. The Hall–Kier alpha value is -1.42. The van der Waals surface area contributed by atoms with Crippen LogP contribution in [0, 0.1) is 0 Å². The van der Waals surface area contributed by atoms with Crippen molar-refractivity contribution in [2.24, 2.45) is 10.7 Å². The minimum atomic E-state index is 0.424. The molecule has 0 aliphatic carbocycles. The molecule has 0 atom stereocenters. The summed E-state index contributed by atoms with van der Waals surface area (Å²) in [6, 6.07) is 0. The molecule has 0 fully saturated rings. The van der Waals surface area contributed by atoms with Gasteiger partial charge in [0.05, 0.1) is 5.69 Å². The van der Waals surface area contributed by atoms with Crippen molar-refractivity contribution >= 4 is 18.4 Å². The first kappa shape index (κ1) is 8.67. The molecule has 0 saturated heterocycles. The van der Waals surface area contributed by atoms with Gasteiger partial charge in [-0.25, -0.2) is 9.98 Å². The molecule has 0 amide bonds. The van der Waals surface area contributed by atoms with Gasteiger partial charge in [0, 0.05) is 25.2 Å². The second kappa shape index (κ2) is 3.82. The monoisotopic (exact) mass is 164 g/mol. The third kappa shape index (κ3) is 1.60. The number of aromatic nitrogens is 2. The Labute approximate surface area is 71.4 Å². The normalized spacial score (nSPS) is 10.8. The molecule has 0 spiro atoms. The maximum Gasteiger partial charge on any atom is 0.233 e. The van der Waals surface area contributed by atoms with E-state index in [2.05, 4.69) is 16.6 Å². The molecule has 1 aromatic rings. The first-order valence-corrected chi connectivity index (χ1v) is 3.71. The molecule has 0 aromatic carbocycles. The van der Waals surface area contributed by atoms with E-state index in [1.165, 1.54) is 0 Å². The molecule has 64 valence electrons.